The molecule has 1 unspecified atom stereocenters. The first-order valence-electron chi connectivity index (χ1n) is 6.14. The first-order valence-corrected chi connectivity index (χ1v) is 6.14. The SMILES string of the molecule is COc1ccc([N+](=O)[O-])cc1CNC(C(=O)O)C(C)C. The van der Waals surface area contributed by atoms with E-state index in [1.165, 1.54) is 25.3 Å². The Bertz CT molecular complexity index is 502. The molecular formula is C13H18N2O5. The molecule has 0 aliphatic carbocycles. The molecule has 0 radical (unpaired) electrons. The molecule has 0 amide bonds. The molecular weight excluding hydrogens is 264 g/mol. The van der Waals surface area contributed by atoms with Crippen molar-refractivity contribution in [3.8, 4) is 5.75 Å². The number of carbonyl (C=O) groups is 1. The fraction of sp³-hybridized carbons (Fsp3) is 0.462. The van der Waals surface area contributed by atoms with Gasteiger partial charge in [0.25, 0.3) is 5.69 Å². The molecule has 0 aliphatic rings. The minimum absolute atomic E-state index is 0.0565. The molecule has 1 atom stereocenters. The standard InChI is InChI=1S/C13H18N2O5/c1-8(2)12(13(16)17)14-7-9-6-10(15(18)19)4-5-11(9)20-3/h4-6,8,12,14H,7H2,1-3H3,(H,16,17). The number of methoxy groups -OCH3 is 1. The first-order chi connectivity index (χ1) is 9.36. The number of nitro groups is 1. The number of nitrogens with one attached hydrogen (secondary N) is 1. The van der Waals surface area contributed by atoms with Gasteiger partial charge in [-0.25, -0.2) is 0 Å². The summed E-state index contributed by atoms with van der Waals surface area (Å²) in [6.45, 7) is 3.76. The van der Waals surface area contributed by atoms with E-state index in [2.05, 4.69) is 5.32 Å². The van der Waals surface area contributed by atoms with Crippen molar-refractivity contribution < 1.29 is 19.6 Å². The molecule has 1 aromatic carbocycles. The lowest BCUT2D eigenvalue weighted by molar-refractivity contribution is -0.384. The van der Waals surface area contributed by atoms with Crippen LogP contribution in [-0.2, 0) is 11.3 Å². The lowest BCUT2D eigenvalue weighted by Crippen LogP contribution is -2.40. The van der Waals surface area contributed by atoms with Crippen molar-refractivity contribution in [1.29, 1.82) is 0 Å². The Morgan fingerprint density at radius 2 is 2.15 bits per heavy atom. The summed E-state index contributed by atoms with van der Waals surface area (Å²) in [5.74, 6) is -0.572. The average molecular weight is 282 g/mol. The summed E-state index contributed by atoms with van der Waals surface area (Å²) >= 11 is 0. The van der Waals surface area contributed by atoms with Crippen molar-refractivity contribution >= 4 is 11.7 Å². The molecule has 7 heteroatoms. The zero-order valence-corrected chi connectivity index (χ0v) is 11.6. The van der Waals surface area contributed by atoms with Gasteiger partial charge >= 0.3 is 5.97 Å². The van der Waals surface area contributed by atoms with Gasteiger partial charge in [-0.15, -0.1) is 0 Å². The average Bonchev–Trinajstić information content (AvgIpc) is 2.37. The highest BCUT2D eigenvalue weighted by Crippen LogP contribution is 2.24. The Balaban J connectivity index is 2.92. The Morgan fingerprint density at radius 1 is 1.50 bits per heavy atom. The Labute approximate surface area is 116 Å². The van der Waals surface area contributed by atoms with Gasteiger partial charge in [-0.1, -0.05) is 13.8 Å². The second-order valence-corrected chi connectivity index (χ2v) is 4.69. The van der Waals surface area contributed by atoms with Gasteiger partial charge in [-0.3, -0.25) is 20.2 Å². The number of nitro benzene ring substituents is 1. The highest BCUT2D eigenvalue weighted by molar-refractivity contribution is 5.73. The van der Waals surface area contributed by atoms with Crippen LogP contribution in [0.5, 0.6) is 5.75 Å². The monoisotopic (exact) mass is 282 g/mol. The topological polar surface area (TPSA) is 102 Å². The van der Waals surface area contributed by atoms with E-state index in [9.17, 15) is 14.9 Å². The molecule has 0 fully saturated rings. The van der Waals surface area contributed by atoms with E-state index in [-0.39, 0.29) is 18.2 Å². The van der Waals surface area contributed by atoms with Crippen molar-refractivity contribution in [1.82, 2.24) is 5.32 Å². The molecule has 110 valence electrons. The van der Waals surface area contributed by atoms with Gasteiger partial charge in [0.2, 0.25) is 0 Å². The minimum atomic E-state index is -0.954. The van der Waals surface area contributed by atoms with E-state index in [0.29, 0.717) is 11.3 Å². The van der Waals surface area contributed by atoms with Crippen LogP contribution in [0.1, 0.15) is 19.4 Å². The van der Waals surface area contributed by atoms with Gasteiger partial charge in [-0.05, 0) is 12.0 Å². The van der Waals surface area contributed by atoms with E-state index in [4.69, 9.17) is 9.84 Å². The molecule has 0 aliphatic heterocycles. The van der Waals surface area contributed by atoms with Crippen LogP contribution in [0.4, 0.5) is 5.69 Å². The van der Waals surface area contributed by atoms with Gasteiger partial charge in [0.05, 0.1) is 12.0 Å². The number of aliphatic carboxylic acids is 1. The zero-order valence-electron chi connectivity index (χ0n) is 11.6. The number of benzene rings is 1. The number of non-ortho nitro benzene ring substituents is 1. The molecule has 7 nitrogen and oxygen atoms in total. The number of ether oxygens (including phenoxy) is 1. The fourth-order valence-corrected chi connectivity index (χ4v) is 1.84. The van der Waals surface area contributed by atoms with Crippen molar-refractivity contribution in [2.24, 2.45) is 5.92 Å². The summed E-state index contributed by atoms with van der Waals surface area (Å²) in [7, 11) is 1.46. The molecule has 20 heavy (non-hydrogen) atoms. The first kappa shape index (κ1) is 15.9. The predicted molar refractivity (Wildman–Crippen MR) is 72.7 cm³/mol. The van der Waals surface area contributed by atoms with E-state index < -0.39 is 16.9 Å². The van der Waals surface area contributed by atoms with Crippen LogP contribution >= 0.6 is 0 Å². The van der Waals surface area contributed by atoms with Crippen LogP contribution in [0.25, 0.3) is 0 Å². The normalized spacial score (nSPS) is 12.2. The van der Waals surface area contributed by atoms with Crippen LogP contribution in [0.15, 0.2) is 18.2 Å². The number of hydrogen-bond acceptors (Lipinski definition) is 5. The Hall–Kier alpha value is -2.15. The molecule has 0 heterocycles. The number of carboxylic acids is 1. The van der Waals surface area contributed by atoms with Crippen LogP contribution in [0.2, 0.25) is 0 Å². The van der Waals surface area contributed by atoms with Gasteiger partial charge in [0.15, 0.2) is 0 Å². The lowest BCUT2D eigenvalue weighted by Gasteiger charge is -2.18. The summed E-state index contributed by atoms with van der Waals surface area (Å²) in [5, 5.41) is 22.7. The molecule has 1 aromatic rings. The van der Waals surface area contributed by atoms with E-state index in [1.54, 1.807) is 13.8 Å². The molecule has 0 spiro atoms. The molecule has 0 saturated heterocycles. The Kier molecular flexibility index (Phi) is 5.45. The molecule has 0 bridgehead atoms. The third-order valence-electron chi connectivity index (χ3n) is 2.92. The maximum atomic E-state index is 11.1. The maximum Gasteiger partial charge on any atom is 0.320 e. The number of hydrogen-bond donors (Lipinski definition) is 2. The Morgan fingerprint density at radius 3 is 2.60 bits per heavy atom. The number of rotatable bonds is 7. The van der Waals surface area contributed by atoms with Crippen LogP contribution in [-0.4, -0.2) is 29.2 Å². The fourth-order valence-electron chi connectivity index (χ4n) is 1.84. The molecule has 0 aromatic heterocycles. The highest BCUT2D eigenvalue weighted by atomic mass is 16.6. The maximum absolute atomic E-state index is 11.1. The summed E-state index contributed by atoms with van der Waals surface area (Å²) in [6, 6.07) is 3.50. The second-order valence-electron chi connectivity index (χ2n) is 4.69. The molecule has 2 N–H and O–H groups in total. The smallest absolute Gasteiger partial charge is 0.320 e. The molecule has 1 rings (SSSR count). The van der Waals surface area contributed by atoms with Crippen molar-refractivity contribution in [2.75, 3.05) is 7.11 Å². The third kappa shape index (κ3) is 3.92. The highest BCUT2D eigenvalue weighted by Gasteiger charge is 2.21. The largest absolute Gasteiger partial charge is 0.496 e. The van der Waals surface area contributed by atoms with E-state index >= 15 is 0 Å². The summed E-state index contributed by atoms with van der Waals surface area (Å²) in [5.41, 5.74) is 0.493. The van der Waals surface area contributed by atoms with Crippen molar-refractivity contribution in [3.05, 3.63) is 33.9 Å². The van der Waals surface area contributed by atoms with Crippen LogP contribution in [0, 0.1) is 16.0 Å². The number of carboxylic acid groups (broad SMARTS) is 1. The minimum Gasteiger partial charge on any atom is -0.496 e. The second kappa shape index (κ2) is 6.85. The lowest BCUT2D eigenvalue weighted by atomic mass is 10.0. The summed E-state index contributed by atoms with van der Waals surface area (Å²) in [4.78, 5) is 21.3. The molecule has 0 saturated carbocycles. The number of nitrogens with zero attached hydrogens (tertiary/aromatic N) is 1. The van der Waals surface area contributed by atoms with Crippen LogP contribution in [0.3, 0.4) is 0 Å². The van der Waals surface area contributed by atoms with Gasteiger partial charge < -0.3 is 9.84 Å². The summed E-state index contributed by atoms with van der Waals surface area (Å²) in [6.07, 6.45) is 0. The predicted octanol–water partition coefficient (Wildman–Crippen LogP) is 1.80. The third-order valence-corrected chi connectivity index (χ3v) is 2.92. The van der Waals surface area contributed by atoms with Gasteiger partial charge in [-0.2, -0.15) is 0 Å². The van der Waals surface area contributed by atoms with Gasteiger partial charge in [0.1, 0.15) is 11.8 Å². The summed E-state index contributed by atoms with van der Waals surface area (Å²) < 4.78 is 5.12. The van der Waals surface area contributed by atoms with Crippen LogP contribution < -0.4 is 10.1 Å². The van der Waals surface area contributed by atoms with Crippen molar-refractivity contribution in [3.63, 3.8) is 0 Å². The quantitative estimate of drug-likeness (QED) is 0.584. The van der Waals surface area contributed by atoms with E-state index in [0.717, 1.165) is 0 Å². The zero-order chi connectivity index (χ0) is 15.3. The van der Waals surface area contributed by atoms with E-state index in [1.807, 2.05) is 0 Å². The van der Waals surface area contributed by atoms with Crippen molar-refractivity contribution in [2.45, 2.75) is 26.4 Å². The van der Waals surface area contributed by atoms with Gasteiger partial charge in [0, 0.05) is 24.2 Å².